The molecule has 2 aromatic carbocycles. The van der Waals surface area contributed by atoms with Gasteiger partial charge in [0.05, 0.1) is 17.4 Å². The first-order valence-electron chi connectivity index (χ1n) is 10.0. The molecule has 0 unspecified atom stereocenters. The highest BCUT2D eigenvalue weighted by molar-refractivity contribution is 7.46. The van der Waals surface area contributed by atoms with E-state index in [-0.39, 0.29) is 16.3 Å². The van der Waals surface area contributed by atoms with E-state index in [1.807, 2.05) is 0 Å². The Morgan fingerprint density at radius 3 is 2.44 bits per heavy atom. The zero-order valence-electron chi connectivity index (χ0n) is 18.3. The van der Waals surface area contributed by atoms with Gasteiger partial charge in [-0.25, -0.2) is 14.0 Å². The second kappa shape index (κ2) is 11.9. The van der Waals surface area contributed by atoms with Gasteiger partial charge in [-0.15, -0.1) is 0 Å². The van der Waals surface area contributed by atoms with Crippen molar-refractivity contribution < 1.29 is 43.1 Å². The predicted octanol–water partition coefficient (Wildman–Crippen LogP) is 2.56. The van der Waals surface area contributed by atoms with E-state index in [9.17, 15) is 24.1 Å². The Labute approximate surface area is 208 Å². The van der Waals surface area contributed by atoms with Crippen molar-refractivity contribution in [2.45, 2.75) is 6.73 Å². The monoisotopic (exact) mass is 538 g/mol. The van der Waals surface area contributed by atoms with Crippen LogP contribution in [0.25, 0.3) is 11.1 Å². The van der Waals surface area contributed by atoms with Gasteiger partial charge in [-0.2, -0.15) is 5.10 Å². The molecule has 2 amide bonds. The first kappa shape index (κ1) is 27.0. The number of phosphoric acid groups is 1. The van der Waals surface area contributed by atoms with Crippen LogP contribution in [0.1, 0.15) is 10.4 Å². The van der Waals surface area contributed by atoms with Crippen molar-refractivity contribution in [3.8, 4) is 11.1 Å². The number of phosphoric ester groups is 1. The molecule has 0 saturated heterocycles. The lowest BCUT2D eigenvalue weighted by Crippen LogP contribution is -2.24. The van der Waals surface area contributed by atoms with Crippen molar-refractivity contribution in [1.29, 1.82) is 0 Å². The molecule has 0 fully saturated rings. The van der Waals surface area contributed by atoms with Gasteiger partial charge in [0.1, 0.15) is 13.2 Å². The predicted molar refractivity (Wildman–Crippen MR) is 127 cm³/mol. The molecule has 1 heterocycles. The van der Waals surface area contributed by atoms with Crippen LogP contribution in [0.5, 0.6) is 0 Å². The van der Waals surface area contributed by atoms with Crippen LogP contribution >= 0.6 is 19.4 Å². The summed E-state index contributed by atoms with van der Waals surface area (Å²) in [6.45, 7) is -1.38. The fourth-order valence-electron chi connectivity index (χ4n) is 2.92. The molecule has 0 aliphatic heterocycles. The highest BCUT2D eigenvalue weighted by Crippen LogP contribution is 2.36. The van der Waals surface area contributed by atoms with E-state index in [1.54, 1.807) is 24.3 Å². The first-order valence-corrected chi connectivity index (χ1v) is 11.9. The molecule has 190 valence electrons. The van der Waals surface area contributed by atoms with Gasteiger partial charge in [0.15, 0.2) is 6.73 Å². The van der Waals surface area contributed by atoms with Crippen molar-refractivity contribution in [2.75, 3.05) is 23.8 Å². The van der Waals surface area contributed by atoms with E-state index >= 15 is 0 Å². The Bertz CT molecular complexity index is 1320. The van der Waals surface area contributed by atoms with Gasteiger partial charge in [0.25, 0.3) is 0 Å². The van der Waals surface area contributed by atoms with Crippen molar-refractivity contribution in [1.82, 2.24) is 9.78 Å². The summed E-state index contributed by atoms with van der Waals surface area (Å²) in [5.74, 6) is -2.46. The Morgan fingerprint density at radius 1 is 1.03 bits per heavy atom. The van der Waals surface area contributed by atoms with E-state index in [1.165, 1.54) is 35.3 Å². The summed E-state index contributed by atoms with van der Waals surface area (Å²) in [6.07, 6.45) is 2.97. The third-order valence-electron chi connectivity index (χ3n) is 4.42. The van der Waals surface area contributed by atoms with Crippen LogP contribution < -0.4 is 10.6 Å². The van der Waals surface area contributed by atoms with Crippen LogP contribution in [0.3, 0.4) is 0 Å². The number of hydrogen-bond donors (Lipinski definition) is 5. The molecule has 3 rings (SSSR count). The molecule has 0 atom stereocenters. The van der Waals surface area contributed by atoms with Gasteiger partial charge in [-0.3, -0.25) is 14.1 Å². The molecule has 0 saturated carbocycles. The summed E-state index contributed by atoms with van der Waals surface area (Å²) in [7, 11) is -4.63. The minimum Gasteiger partial charge on any atom is -0.478 e. The second-order valence-corrected chi connectivity index (χ2v) is 8.86. The van der Waals surface area contributed by atoms with E-state index in [2.05, 4.69) is 20.3 Å². The van der Waals surface area contributed by atoms with E-state index in [0.29, 0.717) is 16.8 Å². The molecular weight excluding hydrogens is 519 g/mol. The minimum absolute atomic E-state index is 0.0402. The smallest absolute Gasteiger partial charge is 0.471 e. The van der Waals surface area contributed by atoms with Gasteiger partial charge < -0.3 is 30.3 Å². The number of nitrogens with zero attached hydrogens (tertiary/aromatic N) is 2. The quantitative estimate of drug-likeness (QED) is 0.227. The Morgan fingerprint density at radius 2 is 1.75 bits per heavy atom. The normalized spacial score (nSPS) is 11.2. The number of benzene rings is 2. The second-order valence-electron chi connectivity index (χ2n) is 7.18. The number of aromatic nitrogens is 2. The molecule has 0 spiro atoms. The van der Waals surface area contributed by atoms with E-state index in [4.69, 9.17) is 26.1 Å². The summed E-state index contributed by atoms with van der Waals surface area (Å²) in [6, 6.07) is 10.7. The van der Waals surface area contributed by atoms with Crippen LogP contribution in [0, 0.1) is 0 Å². The standard InChI is InChI=1S/C21H20ClN4O9P/c22-15-4-5-18(17(7-15)21(29)30)25-20(28)11-34-10-19(27)24-16-3-1-2-13(6-16)14-8-23-26(9-14)12-35-36(31,32)33/h1-9H,10-12H2,(H,24,27)(H,25,28)(H,29,30)(H2,31,32,33). The topological polar surface area (TPSA) is 189 Å². The number of carbonyl (C=O) groups is 3. The number of carboxylic acids is 1. The summed E-state index contributed by atoms with van der Waals surface area (Å²) in [5, 5.41) is 18.4. The molecule has 1 aromatic heterocycles. The maximum absolute atomic E-state index is 12.2. The number of carbonyl (C=O) groups excluding carboxylic acids is 2. The fourth-order valence-corrected chi connectivity index (χ4v) is 3.36. The molecule has 15 heteroatoms. The van der Waals surface area contributed by atoms with Crippen LogP contribution in [0.2, 0.25) is 5.02 Å². The summed E-state index contributed by atoms with van der Waals surface area (Å²) in [5.41, 5.74) is 1.55. The molecule has 0 bridgehead atoms. The lowest BCUT2D eigenvalue weighted by molar-refractivity contribution is -0.125. The number of amides is 2. The Balaban J connectivity index is 1.50. The average molecular weight is 539 g/mol. The highest BCUT2D eigenvalue weighted by atomic mass is 35.5. The summed E-state index contributed by atoms with van der Waals surface area (Å²) in [4.78, 5) is 53.1. The van der Waals surface area contributed by atoms with Gasteiger partial charge >= 0.3 is 13.8 Å². The average Bonchev–Trinajstić information content (AvgIpc) is 3.28. The highest BCUT2D eigenvalue weighted by Gasteiger charge is 2.15. The van der Waals surface area contributed by atoms with Crippen molar-refractivity contribution in [3.05, 3.63) is 65.4 Å². The molecule has 5 N–H and O–H groups in total. The lowest BCUT2D eigenvalue weighted by atomic mass is 10.1. The molecular formula is C21H20ClN4O9P. The third kappa shape index (κ3) is 8.27. The molecule has 0 radical (unpaired) electrons. The third-order valence-corrected chi connectivity index (χ3v) is 5.11. The number of ether oxygens (including phenoxy) is 1. The molecule has 0 aliphatic carbocycles. The van der Waals surface area contributed by atoms with E-state index in [0.717, 1.165) is 0 Å². The number of anilines is 2. The van der Waals surface area contributed by atoms with Crippen molar-refractivity contribution in [3.63, 3.8) is 0 Å². The Kier molecular flexibility index (Phi) is 8.93. The number of aromatic carboxylic acids is 1. The van der Waals surface area contributed by atoms with Crippen LogP contribution in [-0.4, -0.2) is 55.7 Å². The molecule has 13 nitrogen and oxygen atoms in total. The largest absolute Gasteiger partial charge is 0.478 e. The number of rotatable bonds is 11. The zero-order chi connectivity index (χ0) is 26.3. The number of halogens is 1. The summed E-state index contributed by atoms with van der Waals surface area (Å²) < 4.78 is 21.5. The zero-order valence-corrected chi connectivity index (χ0v) is 20.0. The fraction of sp³-hybridized carbons (Fsp3) is 0.143. The number of nitrogens with one attached hydrogen (secondary N) is 2. The van der Waals surface area contributed by atoms with Crippen LogP contribution in [-0.2, 0) is 30.1 Å². The van der Waals surface area contributed by atoms with Crippen molar-refractivity contribution in [2.24, 2.45) is 0 Å². The number of carboxylic acid groups (broad SMARTS) is 1. The van der Waals surface area contributed by atoms with E-state index < -0.39 is 45.6 Å². The van der Waals surface area contributed by atoms with Crippen LogP contribution in [0.15, 0.2) is 54.9 Å². The van der Waals surface area contributed by atoms with Gasteiger partial charge in [0, 0.05) is 22.5 Å². The minimum atomic E-state index is -4.63. The lowest BCUT2D eigenvalue weighted by Gasteiger charge is -2.10. The molecule has 0 aliphatic rings. The van der Waals surface area contributed by atoms with Gasteiger partial charge in [-0.05, 0) is 35.9 Å². The van der Waals surface area contributed by atoms with Gasteiger partial charge in [-0.1, -0.05) is 23.7 Å². The SMILES string of the molecule is O=C(COCC(=O)Nc1ccc(Cl)cc1C(=O)O)Nc1cccc(-c2cnn(COP(=O)(O)O)c2)c1. The first-order chi connectivity index (χ1) is 17.0. The summed E-state index contributed by atoms with van der Waals surface area (Å²) >= 11 is 5.78. The molecule has 36 heavy (non-hydrogen) atoms. The molecule has 3 aromatic rings. The van der Waals surface area contributed by atoms with Crippen molar-refractivity contribution >= 4 is 48.6 Å². The number of hydrogen-bond acceptors (Lipinski definition) is 7. The maximum Gasteiger partial charge on any atom is 0.471 e. The van der Waals surface area contributed by atoms with Crippen LogP contribution in [0.4, 0.5) is 11.4 Å². The Hall–Kier alpha value is -3.58. The maximum atomic E-state index is 12.2. The van der Waals surface area contributed by atoms with Gasteiger partial charge in [0.2, 0.25) is 11.8 Å².